The van der Waals surface area contributed by atoms with Crippen molar-refractivity contribution in [1.29, 1.82) is 0 Å². The van der Waals surface area contributed by atoms with E-state index in [1.807, 2.05) is 14.0 Å². The standard InChI is InChI=1S/C8H19NO3S/c1-8(7-9-2)12-5-4-6-13(3,10)11/h8-9H,4-7H2,1-3H3. The minimum absolute atomic E-state index is 0.143. The number of nitrogens with one attached hydrogen (secondary N) is 1. The number of hydrogen-bond acceptors (Lipinski definition) is 4. The highest BCUT2D eigenvalue weighted by Gasteiger charge is 2.03. The fraction of sp³-hybridized carbons (Fsp3) is 1.00. The lowest BCUT2D eigenvalue weighted by Gasteiger charge is -2.11. The number of sulfone groups is 1. The van der Waals surface area contributed by atoms with Gasteiger partial charge in [0.2, 0.25) is 0 Å². The fourth-order valence-corrected chi connectivity index (χ4v) is 1.59. The largest absolute Gasteiger partial charge is 0.377 e. The van der Waals surface area contributed by atoms with Crippen LogP contribution in [0.5, 0.6) is 0 Å². The molecule has 0 saturated heterocycles. The Kier molecular flexibility index (Phi) is 6.28. The summed E-state index contributed by atoms with van der Waals surface area (Å²) in [5.41, 5.74) is 0. The Labute approximate surface area is 80.6 Å². The summed E-state index contributed by atoms with van der Waals surface area (Å²) in [6, 6.07) is 0. The lowest BCUT2D eigenvalue weighted by molar-refractivity contribution is 0.0681. The number of hydrogen-bond donors (Lipinski definition) is 1. The van der Waals surface area contributed by atoms with Crippen molar-refractivity contribution in [1.82, 2.24) is 5.32 Å². The second-order valence-corrected chi connectivity index (χ2v) is 5.48. The zero-order valence-corrected chi connectivity index (χ0v) is 9.36. The van der Waals surface area contributed by atoms with Gasteiger partial charge in [-0.1, -0.05) is 0 Å². The van der Waals surface area contributed by atoms with E-state index >= 15 is 0 Å². The average molecular weight is 209 g/mol. The van der Waals surface area contributed by atoms with Crippen molar-refractivity contribution in [2.75, 3.05) is 32.2 Å². The van der Waals surface area contributed by atoms with E-state index in [1.165, 1.54) is 6.26 Å². The van der Waals surface area contributed by atoms with Crippen LogP contribution in [0.4, 0.5) is 0 Å². The molecule has 0 aliphatic heterocycles. The molecule has 1 N–H and O–H groups in total. The third-order valence-corrected chi connectivity index (χ3v) is 2.58. The highest BCUT2D eigenvalue weighted by Crippen LogP contribution is 1.93. The van der Waals surface area contributed by atoms with Crippen LogP contribution < -0.4 is 5.32 Å². The SMILES string of the molecule is CNCC(C)OCCCS(C)(=O)=O. The molecule has 1 unspecified atom stereocenters. The van der Waals surface area contributed by atoms with Crippen LogP contribution in [0, 0.1) is 0 Å². The molecule has 4 nitrogen and oxygen atoms in total. The zero-order chi connectivity index (χ0) is 10.3. The van der Waals surface area contributed by atoms with E-state index in [9.17, 15) is 8.42 Å². The molecule has 80 valence electrons. The molecule has 0 aromatic carbocycles. The van der Waals surface area contributed by atoms with Crippen LogP contribution in [0.25, 0.3) is 0 Å². The van der Waals surface area contributed by atoms with Gasteiger partial charge >= 0.3 is 0 Å². The summed E-state index contributed by atoms with van der Waals surface area (Å²) in [6.45, 7) is 3.26. The summed E-state index contributed by atoms with van der Waals surface area (Å²) in [5.74, 6) is 0.208. The quantitative estimate of drug-likeness (QED) is 0.602. The van der Waals surface area contributed by atoms with Crippen LogP contribution >= 0.6 is 0 Å². The number of ether oxygens (including phenoxy) is 1. The predicted molar refractivity (Wildman–Crippen MR) is 53.7 cm³/mol. The first-order valence-corrected chi connectivity index (χ1v) is 6.45. The van der Waals surface area contributed by atoms with Crippen molar-refractivity contribution in [3.05, 3.63) is 0 Å². The van der Waals surface area contributed by atoms with Gasteiger partial charge in [0.15, 0.2) is 0 Å². The maximum atomic E-state index is 10.7. The summed E-state index contributed by atoms with van der Waals surface area (Å²) < 4.78 is 26.8. The third-order valence-electron chi connectivity index (χ3n) is 1.55. The Morgan fingerprint density at radius 2 is 2.08 bits per heavy atom. The molecule has 0 rings (SSSR count). The molecule has 0 amide bonds. The molecule has 1 atom stereocenters. The average Bonchev–Trinajstić information content (AvgIpc) is 1.97. The molecule has 0 radical (unpaired) electrons. The van der Waals surface area contributed by atoms with Crippen LogP contribution in [0.1, 0.15) is 13.3 Å². The van der Waals surface area contributed by atoms with E-state index in [-0.39, 0.29) is 11.9 Å². The van der Waals surface area contributed by atoms with Crippen LogP contribution in [-0.2, 0) is 14.6 Å². The van der Waals surface area contributed by atoms with Gasteiger partial charge in [-0.25, -0.2) is 8.42 Å². The lowest BCUT2D eigenvalue weighted by Crippen LogP contribution is -2.24. The Hall–Kier alpha value is -0.130. The summed E-state index contributed by atoms with van der Waals surface area (Å²) in [5, 5.41) is 2.98. The molecule has 13 heavy (non-hydrogen) atoms. The van der Waals surface area contributed by atoms with Gasteiger partial charge in [0.25, 0.3) is 0 Å². The van der Waals surface area contributed by atoms with E-state index < -0.39 is 9.84 Å². The van der Waals surface area contributed by atoms with Crippen molar-refractivity contribution in [2.24, 2.45) is 0 Å². The van der Waals surface area contributed by atoms with Crippen molar-refractivity contribution in [3.63, 3.8) is 0 Å². The van der Waals surface area contributed by atoms with Crippen LogP contribution in [0.3, 0.4) is 0 Å². The van der Waals surface area contributed by atoms with Gasteiger partial charge in [0.05, 0.1) is 11.9 Å². The van der Waals surface area contributed by atoms with Crippen molar-refractivity contribution >= 4 is 9.84 Å². The highest BCUT2D eigenvalue weighted by molar-refractivity contribution is 7.90. The summed E-state index contributed by atoms with van der Waals surface area (Å²) in [4.78, 5) is 0. The van der Waals surface area contributed by atoms with E-state index in [4.69, 9.17) is 4.74 Å². The van der Waals surface area contributed by atoms with Gasteiger partial charge in [0.1, 0.15) is 9.84 Å². The number of likely N-dealkylation sites (N-methyl/N-ethyl adjacent to an activating group) is 1. The molecule has 0 bridgehead atoms. The van der Waals surface area contributed by atoms with Crippen molar-refractivity contribution in [3.8, 4) is 0 Å². The maximum Gasteiger partial charge on any atom is 0.147 e. The Bertz CT molecular complexity index is 213. The maximum absolute atomic E-state index is 10.7. The van der Waals surface area contributed by atoms with Gasteiger partial charge in [0, 0.05) is 19.4 Å². The third kappa shape index (κ3) is 9.79. The molecular weight excluding hydrogens is 190 g/mol. The highest BCUT2D eigenvalue weighted by atomic mass is 32.2. The minimum atomic E-state index is -2.83. The summed E-state index contributed by atoms with van der Waals surface area (Å²) in [7, 11) is -0.972. The monoisotopic (exact) mass is 209 g/mol. The second-order valence-electron chi connectivity index (χ2n) is 3.22. The Morgan fingerprint density at radius 3 is 2.54 bits per heavy atom. The molecule has 0 aromatic heterocycles. The van der Waals surface area contributed by atoms with E-state index in [1.54, 1.807) is 0 Å². The van der Waals surface area contributed by atoms with E-state index in [0.29, 0.717) is 13.0 Å². The topological polar surface area (TPSA) is 55.4 Å². The first-order valence-electron chi connectivity index (χ1n) is 4.39. The molecule has 0 aromatic rings. The first kappa shape index (κ1) is 12.9. The minimum Gasteiger partial charge on any atom is -0.377 e. The van der Waals surface area contributed by atoms with Gasteiger partial charge in [-0.05, 0) is 20.4 Å². The van der Waals surface area contributed by atoms with Crippen molar-refractivity contribution < 1.29 is 13.2 Å². The molecule has 0 spiro atoms. The Morgan fingerprint density at radius 1 is 1.46 bits per heavy atom. The molecule has 0 aliphatic rings. The predicted octanol–water partition coefficient (Wildman–Crippen LogP) is 0.0456. The van der Waals surface area contributed by atoms with Gasteiger partial charge in [-0.2, -0.15) is 0 Å². The summed E-state index contributed by atoms with van der Waals surface area (Å²) in [6.07, 6.45) is 1.96. The Balaban J connectivity index is 3.36. The molecule has 5 heteroatoms. The van der Waals surface area contributed by atoms with Gasteiger partial charge < -0.3 is 10.1 Å². The molecule has 0 heterocycles. The lowest BCUT2D eigenvalue weighted by atomic mass is 10.4. The second kappa shape index (κ2) is 6.34. The van der Waals surface area contributed by atoms with E-state index in [2.05, 4.69) is 5.32 Å². The fourth-order valence-electron chi connectivity index (χ4n) is 0.952. The van der Waals surface area contributed by atoms with Crippen LogP contribution in [0.15, 0.2) is 0 Å². The molecule has 0 aliphatic carbocycles. The normalized spacial score (nSPS) is 14.4. The molecule has 0 fully saturated rings. The van der Waals surface area contributed by atoms with E-state index in [0.717, 1.165) is 6.54 Å². The molecule has 0 saturated carbocycles. The zero-order valence-electron chi connectivity index (χ0n) is 8.54. The summed E-state index contributed by atoms with van der Waals surface area (Å²) >= 11 is 0. The smallest absolute Gasteiger partial charge is 0.147 e. The van der Waals surface area contributed by atoms with Crippen LogP contribution in [-0.4, -0.2) is 46.7 Å². The van der Waals surface area contributed by atoms with Crippen LogP contribution in [0.2, 0.25) is 0 Å². The number of rotatable bonds is 7. The van der Waals surface area contributed by atoms with Gasteiger partial charge in [-0.15, -0.1) is 0 Å². The first-order chi connectivity index (χ1) is 5.95. The molecular formula is C8H19NO3S. The van der Waals surface area contributed by atoms with Crippen molar-refractivity contribution in [2.45, 2.75) is 19.4 Å². The van der Waals surface area contributed by atoms with Gasteiger partial charge in [-0.3, -0.25) is 0 Å².